The first-order valence-electron chi connectivity index (χ1n) is 8.11. The molecule has 3 rings (SSSR count). The minimum absolute atomic E-state index is 0.0481. The van der Waals surface area contributed by atoms with Crippen LogP contribution in [0, 0.1) is 0 Å². The number of fused-ring (bicyclic) bond motifs is 1. The Morgan fingerprint density at radius 3 is 2.88 bits per heavy atom. The highest BCUT2D eigenvalue weighted by Crippen LogP contribution is 2.28. The van der Waals surface area contributed by atoms with Gasteiger partial charge in [0.15, 0.2) is 0 Å². The van der Waals surface area contributed by atoms with E-state index in [1.165, 1.54) is 0 Å². The van der Waals surface area contributed by atoms with Crippen molar-refractivity contribution in [2.75, 3.05) is 18.0 Å². The SMILES string of the molecule is CC(C)(C)OC(=O)N[C@H]1CCN(c2cc3ccccc3c(Cl)n2)C1. The van der Waals surface area contributed by atoms with Crippen molar-refractivity contribution in [1.82, 2.24) is 10.3 Å². The largest absolute Gasteiger partial charge is 0.444 e. The molecule has 24 heavy (non-hydrogen) atoms. The number of alkyl carbamates (subject to hydrolysis) is 1. The van der Waals surface area contributed by atoms with Crippen molar-refractivity contribution in [2.45, 2.75) is 38.8 Å². The monoisotopic (exact) mass is 347 g/mol. The van der Waals surface area contributed by atoms with Gasteiger partial charge in [-0.15, -0.1) is 0 Å². The summed E-state index contributed by atoms with van der Waals surface area (Å²) in [4.78, 5) is 18.5. The molecule has 1 aliphatic rings. The molecule has 1 fully saturated rings. The van der Waals surface area contributed by atoms with E-state index in [0.717, 1.165) is 29.6 Å². The van der Waals surface area contributed by atoms with Crippen LogP contribution < -0.4 is 10.2 Å². The van der Waals surface area contributed by atoms with Crippen molar-refractivity contribution >= 4 is 34.3 Å². The number of hydrogen-bond acceptors (Lipinski definition) is 4. The molecule has 1 amide bonds. The first-order chi connectivity index (χ1) is 11.3. The Kier molecular flexibility index (Phi) is 4.54. The molecule has 128 valence electrons. The van der Waals surface area contributed by atoms with Gasteiger partial charge in [-0.05, 0) is 38.6 Å². The zero-order valence-corrected chi connectivity index (χ0v) is 14.9. The first-order valence-corrected chi connectivity index (χ1v) is 8.49. The topological polar surface area (TPSA) is 54.5 Å². The summed E-state index contributed by atoms with van der Waals surface area (Å²) < 4.78 is 5.31. The predicted octanol–water partition coefficient (Wildman–Crippen LogP) is 3.99. The third kappa shape index (κ3) is 3.90. The van der Waals surface area contributed by atoms with Gasteiger partial charge in [0, 0.05) is 18.5 Å². The molecular weight excluding hydrogens is 326 g/mol. The van der Waals surface area contributed by atoms with Crippen LogP contribution in [0.1, 0.15) is 27.2 Å². The van der Waals surface area contributed by atoms with E-state index in [9.17, 15) is 4.79 Å². The average molecular weight is 348 g/mol. The Labute approximate surface area is 146 Å². The fourth-order valence-corrected chi connectivity index (χ4v) is 3.12. The van der Waals surface area contributed by atoms with E-state index >= 15 is 0 Å². The smallest absolute Gasteiger partial charge is 0.407 e. The average Bonchev–Trinajstić information content (AvgIpc) is 2.93. The fraction of sp³-hybridized carbons (Fsp3) is 0.444. The zero-order chi connectivity index (χ0) is 17.3. The molecule has 0 spiro atoms. The van der Waals surface area contributed by atoms with Crippen LogP contribution in [-0.2, 0) is 4.74 Å². The molecule has 0 bridgehead atoms. The van der Waals surface area contributed by atoms with E-state index in [0.29, 0.717) is 11.7 Å². The lowest BCUT2D eigenvalue weighted by molar-refractivity contribution is 0.0509. The third-order valence-electron chi connectivity index (χ3n) is 3.91. The lowest BCUT2D eigenvalue weighted by Gasteiger charge is -2.22. The molecule has 5 nitrogen and oxygen atoms in total. The number of aromatic nitrogens is 1. The Hall–Kier alpha value is -2.01. The van der Waals surface area contributed by atoms with Gasteiger partial charge in [0.25, 0.3) is 0 Å². The molecule has 1 atom stereocenters. The molecule has 1 aliphatic heterocycles. The van der Waals surface area contributed by atoms with E-state index in [2.05, 4.69) is 15.2 Å². The number of carbonyl (C=O) groups excluding carboxylic acids is 1. The predicted molar refractivity (Wildman–Crippen MR) is 96.7 cm³/mol. The van der Waals surface area contributed by atoms with Crippen LogP contribution in [0.15, 0.2) is 30.3 Å². The fourth-order valence-electron chi connectivity index (χ4n) is 2.87. The summed E-state index contributed by atoms with van der Waals surface area (Å²) in [6.45, 7) is 7.08. The van der Waals surface area contributed by atoms with Gasteiger partial charge in [-0.1, -0.05) is 35.9 Å². The summed E-state index contributed by atoms with van der Waals surface area (Å²) in [7, 11) is 0. The van der Waals surface area contributed by atoms with Crippen LogP contribution in [0.3, 0.4) is 0 Å². The van der Waals surface area contributed by atoms with Crippen LogP contribution in [0.4, 0.5) is 10.6 Å². The highest BCUT2D eigenvalue weighted by Gasteiger charge is 2.27. The summed E-state index contributed by atoms with van der Waals surface area (Å²) in [5.74, 6) is 0.840. The Balaban J connectivity index is 1.69. The Bertz CT molecular complexity index is 758. The van der Waals surface area contributed by atoms with Gasteiger partial charge in [-0.25, -0.2) is 9.78 Å². The van der Waals surface area contributed by atoms with Gasteiger partial charge in [-0.2, -0.15) is 0 Å². The quantitative estimate of drug-likeness (QED) is 0.834. The van der Waals surface area contributed by atoms with Gasteiger partial charge in [0.05, 0.1) is 6.04 Å². The molecule has 2 heterocycles. The van der Waals surface area contributed by atoms with Crippen molar-refractivity contribution in [2.24, 2.45) is 0 Å². The first kappa shape index (κ1) is 16.8. The number of carbonyl (C=O) groups is 1. The second kappa shape index (κ2) is 6.48. The number of halogens is 1. The van der Waals surface area contributed by atoms with Gasteiger partial charge in [0.2, 0.25) is 0 Å². The summed E-state index contributed by atoms with van der Waals surface area (Å²) in [6.07, 6.45) is 0.476. The summed E-state index contributed by atoms with van der Waals surface area (Å²) in [5, 5.41) is 5.44. The Morgan fingerprint density at radius 2 is 2.12 bits per heavy atom. The molecule has 1 saturated heterocycles. The Morgan fingerprint density at radius 1 is 1.38 bits per heavy atom. The summed E-state index contributed by atoms with van der Waals surface area (Å²) >= 11 is 6.31. The zero-order valence-electron chi connectivity index (χ0n) is 14.2. The van der Waals surface area contributed by atoms with E-state index in [1.807, 2.05) is 51.1 Å². The van der Waals surface area contributed by atoms with Crippen LogP contribution in [0.2, 0.25) is 5.15 Å². The number of benzene rings is 1. The number of rotatable bonds is 2. The molecule has 1 N–H and O–H groups in total. The van der Waals surface area contributed by atoms with Crippen molar-refractivity contribution < 1.29 is 9.53 Å². The van der Waals surface area contributed by atoms with Gasteiger partial charge < -0.3 is 15.0 Å². The highest BCUT2D eigenvalue weighted by atomic mass is 35.5. The highest BCUT2D eigenvalue weighted by molar-refractivity contribution is 6.34. The minimum atomic E-state index is -0.490. The molecule has 6 heteroatoms. The lowest BCUT2D eigenvalue weighted by Crippen LogP contribution is -2.40. The second-order valence-electron chi connectivity index (χ2n) is 7.07. The molecule has 1 aromatic carbocycles. The number of anilines is 1. The molecule has 0 unspecified atom stereocenters. The van der Waals surface area contributed by atoms with Crippen molar-refractivity contribution in [3.63, 3.8) is 0 Å². The maximum Gasteiger partial charge on any atom is 0.407 e. The number of amides is 1. The third-order valence-corrected chi connectivity index (χ3v) is 4.20. The molecule has 0 radical (unpaired) electrons. The van der Waals surface area contributed by atoms with Gasteiger partial charge >= 0.3 is 6.09 Å². The van der Waals surface area contributed by atoms with Gasteiger partial charge in [0.1, 0.15) is 16.6 Å². The summed E-state index contributed by atoms with van der Waals surface area (Å²) in [6, 6.07) is 10.0. The molecular formula is C18H22ClN3O2. The van der Waals surface area contributed by atoms with Crippen LogP contribution in [0.25, 0.3) is 10.8 Å². The molecule has 2 aromatic rings. The van der Waals surface area contributed by atoms with Gasteiger partial charge in [-0.3, -0.25) is 0 Å². The maximum absolute atomic E-state index is 11.9. The molecule has 0 aliphatic carbocycles. The lowest BCUT2D eigenvalue weighted by atomic mass is 10.2. The van der Waals surface area contributed by atoms with Crippen LogP contribution in [0.5, 0.6) is 0 Å². The van der Waals surface area contributed by atoms with E-state index in [4.69, 9.17) is 16.3 Å². The van der Waals surface area contributed by atoms with Crippen LogP contribution >= 0.6 is 11.6 Å². The van der Waals surface area contributed by atoms with Crippen molar-refractivity contribution in [3.05, 3.63) is 35.5 Å². The van der Waals surface area contributed by atoms with E-state index < -0.39 is 5.60 Å². The molecule has 0 saturated carbocycles. The maximum atomic E-state index is 11.9. The van der Waals surface area contributed by atoms with E-state index in [-0.39, 0.29) is 12.1 Å². The minimum Gasteiger partial charge on any atom is -0.444 e. The number of nitrogens with zero attached hydrogens (tertiary/aromatic N) is 2. The number of ether oxygens (including phenoxy) is 1. The summed E-state index contributed by atoms with van der Waals surface area (Å²) in [5.41, 5.74) is -0.490. The van der Waals surface area contributed by atoms with Crippen molar-refractivity contribution in [3.8, 4) is 0 Å². The molecule has 1 aromatic heterocycles. The normalized spacial score (nSPS) is 18.0. The number of hydrogen-bond donors (Lipinski definition) is 1. The van der Waals surface area contributed by atoms with Crippen molar-refractivity contribution in [1.29, 1.82) is 0 Å². The van der Waals surface area contributed by atoms with E-state index in [1.54, 1.807) is 0 Å². The number of nitrogens with one attached hydrogen (secondary N) is 1. The number of pyridine rings is 1. The second-order valence-corrected chi connectivity index (χ2v) is 7.43. The van der Waals surface area contributed by atoms with Crippen LogP contribution in [-0.4, -0.2) is 35.8 Å². The standard InChI is InChI=1S/C18H22ClN3O2/c1-18(2,3)24-17(23)20-13-8-9-22(11-13)15-10-12-6-4-5-7-14(12)16(19)21-15/h4-7,10,13H,8-9,11H2,1-3H3,(H,20,23)/t13-/m0/s1.